The molecule has 4 rings (SSSR count). The summed E-state index contributed by atoms with van der Waals surface area (Å²) in [4.78, 5) is 24.5. The first-order chi connectivity index (χ1) is 12.1. The zero-order valence-electron chi connectivity index (χ0n) is 14.3. The summed E-state index contributed by atoms with van der Waals surface area (Å²) < 4.78 is 8.57. The quantitative estimate of drug-likeness (QED) is 0.894. The molecular formula is C18H22N4O3. The minimum Gasteiger partial charge on any atom is -0.493 e. The van der Waals surface area contributed by atoms with Gasteiger partial charge in [-0.25, -0.2) is 9.48 Å². The first-order valence-corrected chi connectivity index (χ1v) is 8.77. The zero-order valence-corrected chi connectivity index (χ0v) is 14.3. The SMILES string of the molecule is Cn1nc2n(c1=O)C[C@@H](C(=O)NCc1ccc3c(c1)CCCO3)CC2. The van der Waals surface area contributed by atoms with Crippen molar-refractivity contribution in [2.75, 3.05) is 6.61 Å². The first-order valence-electron chi connectivity index (χ1n) is 8.77. The third-order valence-corrected chi connectivity index (χ3v) is 5.01. The smallest absolute Gasteiger partial charge is 0.345 e. The van der Waals surface area contributed by atoms with Crippen molar-refractivity contribution in [3.8, 4) is 5.75 Å². The molecule has 132 valence electrons. The molecule has 1 aromatic heterocycles. The molecule has 7 heteroatoms. The van der Waals surface area contributed by atoms with Gasteiger partial charge in [-0.1, -0.05) is 12.1 Å². The zero-order chi connectivity index (χ0) is 17.4. The van der Waals surface area contributed by atoms with E-state index in [0.29, 0.717) is 19.5 Å². The van der Waals surface area contributed by atoms with Crippen molar-refractivity contribution in [3.63, 3.8) is 0 Å². The molecule has 2 aliphatic heterocycles. The van der Waals surface area contributed by atoms with Crippen LogP contribution in [0.1, 0.15) is 29.8 Å². The average Bonchev–Trinajstić information content (AvgIpc) is 2.93. The number of aryl methyl sites for hydroxylation is 3. The van der Waals surface area contributed by atoms with Gasteiger partial charge in [-0.3, -0.25) is 9.36 Å². The number of carbonyl (C=O) groups is 1. The molecule has 1 N–H and O–H groups in total. The van der Waals surface area contributed by atoms with Crippen molar-refractivity contribution in [3.05, 3.63) is 45.6 Å². The minimum atomic E-state index is -0.185. The van der Waals surface area contributed by atoms with Gasteiger partial charge in [0.1, 0.15) is 11.6 Å². The molecule has 3 heterocycles. The molecule has 0 saturated heterocycles. The van der Waals surface area contributed by atoms with Gasteiger partial charge in [-0.15, -0.1) is 0 Å². The topological polar surface area (TPSA) is 78.2 Å². The molecular weight excluding hydrogens is 320 g/mol. The van der Waals surface area contributed by atoms with Crippen molar-refractivity contribution in [1.29, 1.82) is 0 Å². The van der Waals surface area contributed by atoms with Crippen molar-refractivity contribution < 1.29 is 9.53 Å². The van der Waals surface area contributed by atoms with Gasteiger partial charge in [0.15, 0.2) is 0 Å². The van der Waals surface area contributed by atoms with Gasteiger partial charge in [-0.2, -0.15) is 5.10 Å². The third-order valence-electron chi connectivity index (χ3n) is 5.01. The molecule has 0 bridgehead atoms. The summed E-state index contributed by atoms with van der Waals surface area (Å²) in [6.07, 6.45) is 3.43. The number of fused-ring (bicyclic) bond motifs is 2. The van der Waals surface area contributed by atoms with E-state index in [1.54, 1.807) is 11.6 Å². The number of benzene rings is 1. The van der Waals surface area contributed by atoms with Gasteiger partial charge in [0.25, 0.3) is 0 Å². The van der Waals surface area contributed by atoms with Crippen LogP contribution in [0.25, 0.3) is 0 Å². The molecule has 0 saturated carbocycles. The van der Waals surface area contributed by atoms with Crippen molar-refractivity contribution in [2.24, 2.45) is 13.0 Å². The number of hydrogen-bond acceptors (Lipinski definition) is 4. The van der Waals surface area contributed by atoms with Crippen LogP contribution in [-0.2, 0) is 37.8 Å². The van der Waals surface area contributed by atoms with Crippen LogP contribution in [0, 0.1) is 5.92 Å². The highest BCUT2D eigenvalue weighted by Crippen LogP contribution is 2.25. The summed E-state index contributed by atoms with van der Waals surface area (Å²) in [5, 5.41) is 7.21. The number of hydrogen-bond donors (Lipinski definition) is 1. The van der Waals surface area contributed by atoms with Crippen LogP contribution in [0.4, 0.5) is 0 Å². The Bertz CT molecular complexity index is 868. The number of ether oxygens (including phenoxy) is 1. The number of carbonyl (C=O) groups excluding carboxylic acids is 1. The predicted molar refractivity (Wildman–Crippen MR) is 91.4 cm³/mol. The molecule has 1 atom stereocenters. The van der Waals surface area contributed by atoms with E-state index in [2.05, 4.69) is 16.5 Å². The maximum Gasteiger partial charge on any atom is 0.345 e. The summed E-state index contributed by atoms with van der Waals surface area (Å²) in [7, 11) is 1.64. The van der Waals surface area contributed by atoms with E-state index in [-0.39, 0.29) is 17.5 Å². The van der Waals surface area contributed by atoms with E-state index in [1.165, 1.54) is 10.2 Å². The number of nitrogens with one attached hydrogen (secondary N) is 1. The summed E-state index contributed by atoms with van der Waals surface area (Å²) in [5.41, 5.74) is 2.14. The Morgan fingerprint density at radius 1 is 1.40 bits per heavy atom. The van der Waals surface area contributed by atoms with Crippen molar-refractivity contribution >= 4 is 5.91 Å². The van der Waals surface area contributed by atoms with Crippen LogP contribution in [-0.4, -0.2) is 26.9 Å². The molecule has 0 unspecified atom stereocenters. The molecule has 25 heavy (non-hydrogen) atoms. The Hall–Kier alpha value is -2.57. The largest absolute Gasteiger partial charge is 0.493 e. The van der Waals surface area contributed by atoms with Gasteiger partial charge in [0, 0.05) is 26.6 Å². The lowest BCUT2D eigenvalue weighted by molar-refractivity contribution is -0.126. The van der Waals surface area contributed by atoms with E-state index in [0.717, 1.165) is 43.0 Å². The fourth-order valence-corrected chi connectivity index (χ4v) is 3.61. The first kappa shape index (κ1) is 15.9. The third kappa shape index (κ3) is 3.06. The summed E-state index contributed by atoms with van der Waals surface area (Å²) in [6, 6.07) is 6.09. The fourth-order valence-electron chi connectivity index (χ4n) is 3.61. The normalized spacial score (nSPS) is 18.8. The Balaban J connectivity index is 1.40. The van der Waals surface area contributed by atoms with Crippen molar-refractivity contribution in [1.82, 2.24) is 19.7 Å². The molecule has 0 aliphatic carbocycles. The van der Waals surface area contributed by atoms with Gasteiger partial charge >= 0.3 is 5.69 Å². The number of aromatic nitrogens is 3. The Morgan fingerprint density at radius 3 is 3.16 bits per heavy atom. The van der Waals surface area contributed by atoms with E-state index >= 15 is 0 Å². The van der Waals surface area contributed by atoms with Crippen LogP contribution in [0.3, 0.4) is 0 Å². The number of amides is 1. The lowest BCUT2D eigenvalue weighted by Gasteiger charge is -2.22. The van der Waals surface area contributed by atoms with Crippen LogP contribution in [0.15, 0.2) is 23.0 Å². The van der Waals surface area contributed by atoms with Crippen LogP contribution in [0.2, 0.25) is 0 Å². The molecule has 0 radical (unpaired) electrons. The summed E-state index contributed by atoms with van der Waals surface area (Å²) in [6.45, 7) is 1.68. The Labute approximate surface area is 145 Å². The number of nitrogens with zero attached hydrogens (tertiary/aromatic N) is 3. The van der Waals surface area contributed by atoms with E-state index in [1.807, 2.05) is 12.1 Å². The van der Waals surface area contributed by atoms with Crippen LogP contribution < -0.4 is 15.7 Å². The van der Waals surface area contributed by atoms with Gasteiger partial charge in [0.2, 0.25) is 5.91 Å². The maximum absolute atomic E-state index is 12.5. The highest BCUT2D eigenvalue weighted by atomic mass is 16.5. The summed E-state index contributed by atoms with van der Waals surface area (Å²) in [5.74, 6) is 1.54. The van der Waals surface area contributed by atoms with Crippen LogP contribution in [0.5, 0.6) is 5.75 Å². The number of rotatable bonds is 3. The molecule has 0 fully saturated rings. The second kappa shape index (κ2) is 6.38. The van der Waals surface area contributed by atoms with Gasteiger partial charge in [0.05, 0.1) is 12.5 Å². The predicted octanol–water partition coefficient (Wildman–Crippen LogP) is 0.786. The lowest BCUT2D eigenvalue weighted by Crippen LogP contribution is -2.38. The highest BCUT2D eigenvalue weighted by molar-refractivity contribution is 5.78. The molecule has 2 aromatic rings. The Kier molecular flexibility index (Phi) is 4.07. The molecule has 1 aromatic carbocycles. The van der Waals surface area contributed by atoms with E-state index in [4.69, 9.17) is 4.74 Å². The van der Waals surface area contributed by atoms with Crippen molar-refractivity contribution in [2.45, 2.75) is 38.8 Å². The van der Waals surface area contributed by atoms with E-state index < -0.39 is 0 Å². The molecule has 7 nitrogen and oxygen atoms in total. The maximum atomic E-state index is 12.5. The van der Waals surface area contributed by atoms with Gasteiger partial charge < -0.3 is 10.1 Å². The van der Waals surface area contributed by atoms with Crippen LogP contribution >= 0.6 is 0 Å². The molecule has 1 amide bonds. The Morgan fingerprint density at radius 2 is 2.28 bits per heavy atom. The minimum absolute atomic E-state index is 0.00428. The second-order valence-electron chi connectivity index (χ2n) is 6.78. The monoisotopic (exact) mass is 342 g/mol. The standard InChI is InChI=1S/C18H22N4O3/c1-21-18(24)22-11-14(5-7-16(22)20-21)17(23)19-10-12-4-6-15-13(9-12)3-2-8-25-15/h4,6,9,14H,2-3,5,7-8,10-11H2,1H3,(H,19,23)/t14-/m0/s1. The highest BCUT2D eigenvalue weighted by Gasteiger charge is 2.27. The molecule has 0 spiro atoms. The fraction of sp³-hybridized carbons (Fsp3) is 0.500. The van der Waals surface area contributed by atoms with E-state index in [9.17, 15) is 9.59 Å². The lowest BCUT2D eigenvalue weighted by atomic mass is 9.98. The van der Waals surface area contributed by atoms with Gasteiger partial charge in [-0.05, 0) is 36.5 Å². The molecule has 2 aliphatic rings. The average molecular weight is 342 g/mol. The summed E-state index contributed by atoms with van der Waals surface area (Å²) >= 11 is 0. The second-order valence-corrected chi connectivity index (χ2v) is 6.78.